The van der Waals surface area contributed by atoms with Crippen molar-refractivity contribution in [1.29, 1.82) is 0 Å². The van der Waals surface area contributed by atoms with Crippen LogP contribution in [0.25, 0.3) is 6.08 Å². The maximum atomic E-state index is 4.32. The lowest BCUT2D eigenvalue weighted by Gasteiger charge is -2.11. The summed E-state index contributed by atoms with van der Waals surface area (Å²) in [5.41, 5.74) is 2.44. The van der Waals surface area contributed by atoms with E-state index >= 15 is 0 Å². The van der Waals surface area contributed by atoms with Crippen LogP contribution in [0.5, 0.6) is 0 Å². The predicted molar refractivity (Wildman–Crippen MR) is 88.7 cm³/mol. The van der Waals surface area contributed by atoms with Gasteiger partial charge in [-0.3, -0.25) is 0 Å². The minimum Gasteiger partial charge on any atom is -0.378 e. The van der Waals surface area contributed by atoms with E-state index in [1.807, 2.05) is 25.7 Å². The molecule has 1 atom stereocenters. The quantitative estimate of drug-likeness (QED) is 0.586. The summed E-state index contributed by atoms with van der Waals surface area (Å²) < 4.78 is 0.344. The number of aromatic nitrogens is 1. The van der Waals surface area contributed by atoms with Crippen molar-refractivity contribution in [3.05, 3.63) is 52.5 Å². The van der Waals surface area contributed by atoms with Crippen molar-refractivity contribution in [3.63, 3.8) is 0 Å². The predicted octanol–water partition coefficient (Wildman–Crippen LogP) is 4.40. The second-order valence-corrected chi connectivity index (χ2v) is 6.39. The molecule has 0 bridgehead atoms. The highest BCUT2D eigenvalue weighted by Crippen LogP contribution is 2.27. The highest BCUT2D eigenvalue weighted by atomic mass is 127. The van der Waals surface area contributed by atoms with Crippen molar-refractivity contribution in [3.8, 4) is 0 Å². The van der Waals surface area contributed by atoms with Crippen LogP contribution in [-0.4, -0.2) is 19.1 Å². The average molecular weight is 370 g/mol. The van der Waals surface area contributed by atoms with Crippen molar-refractivity contribution in [2.75, 3.05) is 19.0 Å². The van der Waals surface area contributed by atoms with Crippen LogP contribution in [0, 0.1) is 0 Å². The first-order valence-corrected chi connectivity index (χ1v) is 7.78. The molecular formula is C14H15IN2S. The summed E-state index contributed by atoms with van der Waals surface area (Å²) in [5, 5.41) is 3.16. The van der Waals surface area contributed by atoms with Crippen LogP contribution in [0.1, 0.15) is 14.5 Å². The number of hydrogen-bond donors (Lipinski definition) is 0. The van der Waals surface area contributed by atoms with E-state index in [4.69, 9.17) is 0 Å². The molecular weight excluding hydrogens is 355 g/mol. The van der Waals surface area contributed by atoms with Crippen molar-refractivity contribution in [2.45, 2.75) is 3.92 Å². The fraction of sp³-hybridized carbons (Fsp3) is 0.214. The number of hydrogen-bond acceptors (Lipinski definition) is 3. The lowest BCUT2D eigenvalue weighted by atomic mass is 10.2. The molecule has 0 saturated heterocycles. The van der Waals surface area contributed by atoms with Crippen LogP contribution < -0.4 is 4.90 Å². The van der Waals surface area contributed by atoms with Gasteiger partial charge in [-0.25, -0.2) is 4.98 Å². The molecule has 18 heavy (non-hydrogen) atoms. The second-order valence-electron chi connectivity index (χ2n) is 4.12. The molecule has 2 aromatic rings. The molecule has 1 aromatic heterocycles. The van der Waals surface area contributed by atoms with Gasteiger partial charge in [0.2, 0.25) is 0 Å². The fourth-order valence-electron chi connectivity index (χ4n) is 1.53. The van der Waals surface area contributed by atoms with E-state index in [9.17, 15) is 0 Å². The third-order valence-electron chi connectivity index (χ3n) is 2.55. The first kappa shape index (κ1) is 13.5. The number of halogens is 1. The summed E-state index contributed by atoms with van der Waals surface area (Å²) in [6, 6.07) is 8.53. The van der Waals surface area contributed by atoms with E-state index in [1.165, 1.54) is 11.3 Å². The van der Waals surface area contributed by atoms with E-state index in [-0.39, 0.29) is 0 Å². The zero-order valence-electron chi connectivity index (χ0n) is 10.4. The largest absolute Gasteiger partial charge is 0.378 e. The van der Waals surface area contributed by atoms with Gasteiger partial charge in [0.15, 0.2) is 0 Å². The molecule has 0 N–H and O–H groups in total. The zero-order valence-corrected chi connectivity index (χ0v) is 13.4. The minimum atomic E-state index is 0.344. The Bertz CT molecular complexity index is 503. The number of benzene rings is 1. The highest BCUT2D eigenvalue weighted by Gasteiger charge is 2.04. The smallest absolute Gasteiger partial charge is 0.109 e. The normalized spacial score (nSPS) is 12.8. The molecule has 0 spiro atoms. The van der Waals surface area contributed by atoms with Crippen molar-refractivity contribution in [1.82, 2.24) is 4.98 Å². The average Bonchev–Trinajstić information content (AvgIpc) is 2.90. The summed E-state index contributed by atoms with van der Waals surface area (Å²) in [5.74, 6) is 0. The van der Waals surface area contributed by atoms with Gasteiger partial charge >= 0.3 is 0 Å². The molecule has 0 aliphatic carbocycles. The molecule has 4 heteroatoms. The number of allylic oxidation sites excluding steroid dienone is 1. The summed E-state index contributed by atoms with van der Waals surface area (Å²) in [6.45, 7) is 0. The molecule has 0 aliphatic rings. The van der Waals surface area contributed by atoms with E-state index in [0.717, 1.165) is 5.01 Å². The van der Waals surface area contributed by atoms with Gasteiger partial charge in [-0.15, -0.1) is 11.3 Å². The van der Waals surface area contributed by atoms with Crippen LogP contribution in [-0.2, 0) is 0 Å². The lowest BCUT2D eigenvalue weighted by molar-refractivity contribution is 1.13. The molecule has 0 fully saturated rings. The van der Waals surface area contributed by atoms with Gasteiger partial charge in [0.05, 0.1) is 3.92 Å². The van der Waals surface area contributed by atoms with Gasteiger partial charge in [-0.05, 0) is 17.7 Å². The SMILES string of the molecule is CN(C)c1ccc(C=CC(I)c2nccs2)cc1. The van der Waals surface area contributed by atoms with E-state index < -0.39 is 0 Å². The van der Waals surface area contributed by atoms with Gasteiger partial charge < -0.3 is 4.90 Å². The fourth-order valence-corrected chi connectivity index (χ4v) is 2.93. The van der Waals surface area contributed by atoms with Crippen molar-refractivity contribution < 1.29 is 0 Å². The summed E-state index contributed by atoms with van der Waals surface area (Å²) in [4.78, 5) is 6.42. The minimum absolute atomic E-state index is 0.344. The first-order chi connectivity index (χ1) is 8.66. The van der Waals surface area contributed by atoms with Gasteiger partial charge in [0.1, 0.15) is 5.01 Å². The van der Waals surface area contributed by atoms with Crippen molar-refractivity contribution in [2.24, 2.45) is 0 Å². The topological polar surface area (TPSA) is 16.1 Å². The number of anilines is 1. The van der Waals surface area contributed by atoms with Crippen LogP contribution >= 0.6 is 33.9 Å². The number of alkyl halides is 1. The van der Waals surface area contributed by atoms with Crippen LogP contribution in [0.15, 0.2) is 41.9 Å². The van der Waals surface area contributed by atoms with Gasteiger partial charge in [0, 0.05) is 31.4 Å². The number of rotatable bonds is 4. The molecule has 2 rings (SSSR count). The molecule has 1 unspecified atom stereocenters. The van der Waals surface area contributed by atoms with Crippen molar-refractivity contribution >= 4 is 45.7 Å². The Morgan fingerprint density at radius 2 is 2.00 bits per heavy atom. The third kappa shape index (κ3) is 3.55. The summed E-state index contributed by atoms with van der Waals surface area (Å²) in [7, 11) is 4.10. The second kappa shape index (κ2) is 6.33. The summed E-state index contributed by atoms with van der Waals surface area (Å²) in [6.07, 6.45) is 6.19. The zero-order chi connectivity index (χ0) is 13.0. The Balaban J connectivity index is 2.05. The molecule has 2 nitrogen and oxygen atoms in total. The Morgan fingerprint density at radius 1 is 1.28 bits per heavy atom. The lowest BCUT2D eigenvalue weighted by Crippen LogP contribution is -2.07. The van der Waals surface area contributed by atoms with Crippen LogP contribution in [0.2, 0.25) is 0 Å². The number of nitrogens with zero attached hydrogens (tertiary/aromatic N) is 2. The molecule has 0 amide bonds. The number of thiazole rings is 1. The standard InChI is InChI=1S/C14H15IN2S/c1-17(2)12-6-3-11(4-7-12)5-8-13(15)14-16-9-10-18-14/h3-10,13H,1-2H3. The van der Waals surface area contributed by atoms with Gasteiger partial charge in [0.25, 0.3) is 0 Å². The maximum Gasteiger partial charge on any atom is 0.109 e. The summed E-state index contributed by atoms with van der Waals surface area (Å²) >= 11 is 4.10. The Morgan fingerprint density at radius 3 is 2.56 bits per heavy atom. The highest BCUT2D eigenvalue weighted by molar-refractivity contribution is 14.1. The van der Waals surface area contributed by atoms with Gasteiger partial charge in [-0.2, -0.15) is 0 Å². The Labute approximate surface area is 126 Å². The molecule has 0 aliphatic heterocycles. The molecule has 1 aromatic carbocycles. The monoisotopic (exact) mass is 370 g/mol. The maximum absolute atomic E-state index is 4.32. The van der Waals surface area contributed by atoms with E-state index in [0.29, 0.717) is 3.92 Å². The van der Waals surface area contributed by atoms with E-state index in [1.54, 1.807) is 11.3 Å². The van der Waals surface area contributed by atoms with Crippen LogP contribution in [0.3, 0.4) is 0 Å². The van der Waals surface area contributed by atoms with Crippen LogP contribution in [0.4, 0.5) is 5.69 Å². The first-order valence-electron chi connectivity index (χ1n) is 5.66. The molecule has 94 valence electrons. The Hall–Kier alpha value is -0.880. The third-order valence-corrected chi connectivity index (χ3v) is 4.84. The molecule has 0 radical (unpaired) electrons. The van der Waals surface area contributed by atoms with E-state index in [2.05, 4.69) is 68.9 Å². The molecule has 0 saturated carbocycles. The van der Waals surface area contributed by atoms with Gasteiger partial charge in [-0.1, -0.05) is 46.9 Å². The molecule has 1 heterocycles. The Kier molecular flexibility index (Phi) is 4.77.